The highest BCUT2D eigenvalue weighted by molar-refractivity contribution is 7.98. The van der Waals surface area contributed by atoms with Crippen LogP contribution in [0.3, 0.4) is 0 Å². The van der Waals surface area contributed by atoms with Crippen molar-refractivity contribution in [3.8, 4) is 11.5 Å². The van der Waals surface area contributed by atoms with Gasteiger partial charge >= 0.3 is 0 Å². The highest BCUT2D eigenvalue weighted by Crippen LogP contribution is 2.51. The molecule has 0 saturated carbocycles. The first-order chi connectivity index (χ1) is 17.1. The summed E-state index contributed by atoms with van der Waals surface area (Å²) in [7, 11) is 1.68. The van der Waals surface area contributed by atoms with Crippen LogP contribution >= 0.6 is 11.8 Å². The first-order valence-electron chi connectivity index (χ1n) is 11.6. The monoisotopic (exact) mass is 482 g/mol. The SMILES string of the molecule is COc1ccc([C@H]2Oc3ccc(C)cc3C3=C2[C@@H](c2ccc(C)cc2)n2nc(SC)nc2N3)cc1. The number of hydrogen-bond donors (Lipinski definition) is 1. The van der Waals surface area contributed by atoms with Gasteiger partial charge in [0.15, 0.2) is 0 Å². The van der Waals surface area contributed by atoms with E-state index in [0.29, 0.717) is 0 Å². The van der Waals surface area contributed by atoms with Gasteiger partial charge in [0, 0.05) is 11.1 Å². The highest BCUT2D eigenvalue weighted by Gasteiger charge is 2.41. The molecule has 0 unspecified atom stereocenters. The molecule has 3 aromatic carbocycles. The van der Waals surface area contributed by atoms with Crippen molar-refractivity contribution < 1.29 is 9.47 Å². The number of nitrogens with zero attached hydrogens (tertiary/aromatic N) is 3. The molecule has 7 heteroatoms. The normalized spacial score (nSPS) is 18.2. The predicted octanol–water partition coefficient (Wildman–Crippen LogP) is 6.19. The Hall–Kier alpha value is -3.71. The third-order valence-corrected chi connectivity index (χ3v) is 7.14. The fourth-order valence-corrected chi connectivity index (χ4v) is 5.18. The van der Waals surface area contributed by atoms with E-state index in [4.69, 9.17) is 19.6 Å². The Bertz CT molecular complexity index is 1440. The van der Waals surface area contributed by atoms with Crippen LogP contribution in [0.1, 0.15) is 40.0 Å². The third-order valence-electron chi connectivity index (χ3n) is 6.60. The maximum absolute atomic E-state index is 6.73. The van der Waals surface area contributed by atoms with Gasteiger partial charge in [0.2, 0.25) is 11.1 Å². The van der Waals surface area contributed by atoms with Crippen LogP contribution in [0.25, 0.3) is 5.70 Å². The van der Waals surface area contributed by atoms with Gasteiger partial charge in [0.25, 0.3) is 0 Å². The number of aromatic nitrogens is 3. The van der Waals surface area contributed by atoms with Gasteiger partial charge in [0.05, 0.1) is 12.8 Å². The van der Waals surface area contributed by atoms with Crippen LogP contribution in [0.15, 0.2) is 77.5 Å². The van der Waals surface area contributed by atoms with E-state index in [1.807, 2.05) is 23.1 Å². The van der Waals surface area contributed by atoms with Gasteiger partial charge in [-0.2, -0.15) is 4.98 Å². The predicted molar refractivity (Wildman–Crippen MR) is 139 cm³/mol. The largest absolute Gasteiger partial charge is 0.497 e. The minimum atomic E-state index is -0.306. The van der Waals surface area contributed by atoms with E-state index < -0.39 is 0 Å². The van der Waals surface area contributed by atoms with Crippen LogP contribution in [0.5, 0.6) is 11.5 Å². The molecule has 0 saturated heterocycles. The van der Waals surface area contributed by atoms with Crippen molar-refractivity contribution in [1.29, 1.82) is 0 Å². The number of fused-ring (bicyclic) bond motifs is 3. The molecule has 4 aromatic rings. The first-order valence-corrected chi connectivity index (χ1v) is 12.8. The Labute approximate surface area is 209 Å². The van der Waals surface area contributed by atoms with E-state index in [1.54, 1.807) is 7.11 Å². The van der Waals surface area contributed by atoms with Crippen LogP contribution in [-0.4, -0.2) is 28.1 Å². The summed E-state index contributed by atoms with van der Waals surface area (Å²) in [6.45, 7) is 4.21. The van der Waals surface area contributed by atoms with Crippen LogP contribution in [0.4, 0.5) is 5.95 Å². The van der Waals surface area contributed by atoms with Gasteiger partial charge in [-0.25, -0.2) is 4.68 Å². The molecule has 6 rings (SSSR count). The van der Waals surface area contributed by atoms with Gasteiger partial charge in [-0.05, 0) is 55.5 Å². The smallest absolute Gasteiger partial charge is 0.227 e. The fourth-order valence-electron chi connectivity index (χ4n) is 4.83. The maximum Gasteiger partial charge on any atom is 0.227 e. The summed E-state index contributed by atoms with van der Waals surface area (Å²) in [6, 6.07) is 22.9. The Kier molecular flexibility index (Phi) is 5.29. The summed E-state index contributed by atoms with van der Waals surface area (Å²) in [5.41, 5.74) is 7.78. The number of hydrogen-bond acceptors (Lipinski definition) is 6. The molecule has 0 aliphatic carbocycles. The van der Waals surface area contributed by atoms with Gasteiger partial charge < -0.3 is 14.8 Å². The molecule has 2 atom stereocenters. The number of benzene rings is 3. The standard InChI is InChI=1S/C28H26N4O2S/c1-16-5-8-18(9-6-16)25-23-24(29-27-30-28(35-4)31-32(25)27)21-15-17(2)7-14-22(21)34-26(23)19-10-12-20(33-3)13-11-19/h5-15,25-26H,1-4H3,(H,29,30,31)/t25-,26-/m1/s1. The second kappa shape index (κ2) is 8.50. The molecular formula is C28H26N4O2S. The van der Waals surface area contributed by atoms with Crippen molar-refractivity contribution in [2.24, 2.45) is 0 Å². The van der Waals surface area contributed by atoms with Gasteiger partial charge in [0.1, 0.15) is 23.6 Å². The van der Waals surface area contributed by atoms with E-state index in [1.165, 1.54) is 22.9 Å². The summed E-state index contributed by atoms with van der Waals surface area (Å²) < 4.78 is 14.1. The van der Waals surface area contributed by atoms with E-state index in [2.05, 4.69) is 73.8 Å². The van der Waals surface area contributed by atoms with Crippen molar-refractivity contribution in [3.05, 3.63) is 100 Å². The molecule has 176 valence electrons. The van der Waals surface area contributed by atoms with Gasteiger partial charge in [-0.1, -0.05) is 65.4 Å². The molecule has 2 aliphatic heterocycles. The van der Waals surface area contributed by atoms with E-state index >= 15 is 0 Å². The topological polar surface area (TPSA) is 61.2 Å². The minimum Gasteiger partial charge on any atom is -0.497 e. The summed E-state index contributed by atoms with van der Waals surface area (Å²) in [4.78, 5) is 4.78. The zero-order chi connectivity index (χ0) is 24.1. The molecule has 0 spiro atoms. The second-order valence-corrected chi connectivity index (χ2v) is 9.68. The average molecular weight is 483 g/mol. The molecule has 1 N–H and O–H groups in total. The van der Waals surface area contributed by atoms with Crippen molar-refractivity contribution in [2.75, 3.05) is 18.7 Å². The average Bonchev–Trinajstić information content (AvgIpc) is 3.31. The number of anilines is 1. The Morgan fingerprint density at radius 2 is 1.66 bits per heavy atom. The van der Waals surface area contributed by atoms with Crippen molar-refractivity contribution in [2.45, 2.75) is 31.1 Å². The summed E-state index contributed by atoms with van der Waals surface area (Å²) in [5.74, 6) is 2.40. The maximum atomic E-state index is 6.73. The summed E-state index contributed by atoms with van der Waals surface area (Å²) in [5, 5.41) is 9.22. The van der Waals surface area contributed by atoms with Gasteiger partial charge in [-0.15, -0.1) is 5.10 Å². The number of aryl methyl sites for hydroxylation is 2. The van der Waals surface area contributed by atoms with Crippen molar-refractivity contribution in [1.82, 2.24) is 14.8 Å². The molecule has 2 aliphatic rings. The summed E-state index contributed by atoms with van der Waals surface area (Å²) >= 11 is 1.54. The highest BCUT2D eigenvalue weighted by atomic mass is 32.2. The van der Waals surface area contributed by atoms with E-state index in [0.717, 1.165) is 50.6 Å². The molecule has 6 nitrogen and oxygen atoms in total. The minimum absolute atomic E-state index is 0.170. The Morgan fingerprint density at radius 3 is 2.37 bits per heavy atom. The molecule has 0 fully saturated rings. The Morgan fingerprint density at radius 1 is 0.943 bits per heavy atom. The quantitative estimate of drug-likeness (QED) is 0.350. The lowest BCUT2D eigenvalue weighted by atomic mass is 9.84. The van der Waals surface area contributed by atoms with Crippen LogP contribution in [0.2, 0.25) is 0 Å². The fraction of sp³-hybridized carbons (Fsp3) is 0.214. The molecule has 3 heterocycles. The lowest BCUT2D eigenvalue weighted by Gasteiger charge is -2.39. The number of nitrogens with one attached hydrogen (secondary N) is 1. The van der Waals surface area contributed by atoms with Crippen molar-refractivity contribution in [3.63, 3.8) is 0 Å². The zero-order valence-corrected chi connectivity index (χ0v) is 20.9. The molecule has 35 heavy (non-hydrogen) atoms. The molecule has 0 radical (unpaired) electrons. The Balaban J connectivity index is 1.62. The molecule has 0 amide bonds. The number of methoxy groups -OCH3 is 1. The molecule has 0 bridgehead atoms. The van der Waals surface area contributed by atoms with Crippen molar-refractivity contribution >= 4 is 23.4 Å². The number of thioether (sulfide) groups is 1. The molecule has 1 aromatic heterocycles. The number of rotatable bonds is 4. The van der Waals surface area contributed by atoms with Crippen LogP contribution in [-0.2, 0) is 0 Å². The second-order valence-electron chi connectivity index (χ2n) is 8.91. The number of ether oxygens (including phenoxy) is 2. The van der Waals surface area contributed by atoms with Crippen LogP contribution < -0.4 is 14.8 Å². The zero-order valence-electron chi connectivity index (χ0n) is 20.1. The lowest BCUT2D eigenvalue weighted by molar-refractivity contribution is 0.222. The van der Waals surface area contributed by atoms with Gasteiger partial charge in [-0.3, -0.25) is 0 Å². The summed E-state index contributed by atoms with van der Waals surface area (Å²) in [6.07, 6.45) is 1.69. The third kappa shape index (κ3) is 3.67. The first kappa shape index (κ1) is 21.8. The van der Waals surface area contributed by atoms with E-state index in [-0.39, 0.29) is 12.1 Å². The van der Waals surface area contributed by atoms with Crippen LogP contribution in [0, 0.1) is 13.8 Å². The lowest BCUT2D eigenvalue weighted by Crippen LogP contribution is -2.32. The molecular weight excluding hydrogens is 456 g/mol. The van der Waals surface area contributed by atoms with E-state index in [9.17, 15) is 0 Å².